The third-order valence-corrected chi connectivity index (χ3v) is 5.45. The molecule has 2 rings (SSSR count). The molecule has 2 atom stereocenters. The summed E-state index contributed by atoms with van der Waals surface area (Å²) in [6.45, 7) is 1.25. The number of aryl methyl sites for hydroxylation is 1. The van der Waals surface area contributed by atoms with Gasteiger partial charge in [0.2, 0.25) is 10.0 Å². The summed E-state index contributed by atoms with van der Waals surface area (Å²) in [7, 11) is -3.86. The summed E-state index contributed by atoms with van der Waals surface area (Å²) in [6, 6.07) is 2.50. The molecule has 0 radical (unpaired) electrons. The standard InChI is InChI=1S/C14H18F3NO3S/c1-9-6-12(4-5-13(9)14(15,16)17)22(20,21)18-11-3-2-10(7-11)8-19/h4-6,10-11,18-19H,2-3,7-8H2,1H3/t10-,11+/m1/s1. The van der Waals surface area contributed by atoms with Gasteiger partial charge in [-0.2, -0.15) is 13.2 Å². The first kappa shape index (κ1) is 17.2. The first-order chi connectivity index (χ1) is 10.1. The van der Waals surface area contributed by atoms with Crippen LogP contribution in [0.5, 0.6) is 0 Å². The van der Waals surface area contributed by atoms with E-state index < -0.39 is 21.8 Å². The molecule has 4 nitrogen and oxygen atoms in total. The lowest BCUT2D eigenvalue weighted by molar-refractivity contribution is -0.138. The van der Waals surface area contributed by atoms with E-state index in [0.717, 1.165) is 24.6 Å². The summed E-state index contributed by atoms with van der Waals surface area (Å²) in [5.74, 6) is 0.0713. The van der Waals surface area contributed by atoms with Gasteiger partial charge >= 0.3 is 6.18 Å². The van der Waals surface area contributed by atoms with E-state index in [1.54, 1.807) is 0 Å². The van der Waals surface area contributed by atoms with E-state index in [-0.39, 0.29) is 29.0 Å². The number of hydrogen-bond donors (Lipinski definition) is 2. The van der Waals surface area contributed by atoms with Crippen LogP contribution >= 0.6 is 0 Å². The average molecular weight is 337 g/mol. The summed E-state index contributed by atoms with van der Waals surface area (Å²) >= 11 is 0. The highest BCUT2D eigenvalue weighted by molar-refractivity contribution is 7.89. The van der Waals surface area contributed by atoms with Crippen LogP contribution in [-0.4, -0.2) is 26.2 Å². The smallest absolute Gasteiger partial charge is 0.396 e. The maximum absolute atomic E-state index is 12.7. The first-order valence-corrected chi connectivity index (χ1v) is 8.43. The van der Waals surface area contributed by atoms with Gasteiger partial charge in [-0.15, -0.1) is 0 Å². The van der Waals surface area contributed by atoms with Crippen LogP contribution in [-0.2, 0) is 16.2 Å². The Morgan fingerprint density at radius 1 is 1.32 bits per heavy atom. The van der Waals surface area contributed by atoms with Crippen molar-refractivity contribution in [3.63, 3.8) is 0 Å². The van der Waals surface area contributed by atoms with Crippen LogP contribution in [0.2, 0.25) is 0 Å². The van der Waals surface area contributed by atoms with Gasteiger partial charge in [-0.05, 0) is 55.9 Å². The number of halogens is 3. The maximum Gasteiger partial charge on any atom is 0.416 e. The van der Waals surface area contributed by atoms with Crippen molar-refractivity contribution >= 4 is 10.0 Å². The Balaban J connectivity index is 2.18. The fourth-order valence-corrected chi connectivity index (χ4v) is 4.12. The molecule has 0 spiro atoms. The Labute approximate surface area is 127 Å². The molecule has 0 bridgehead atoms. The van der Waals surface area contributed by atoms with E-state index in [2.05, 4.69) is 4.72 Å². The van der Waals surface area contributed by atoms with E-state index in [0.29, 0.717) is 12.8 Å². The Morgan fingerprint density at radius 3 is 2.50 bits per heavy atom. The van der Waals surface area contributed by atoms with Gasteiger partial charge in [0, 0.05) is 12.6 Å². The fraction of sp³-hybridized carbons (Fsp3) is 0.571. The summed E-state index contributed by atoms with van der Waals surface area (Å²) in [4.78, 5) is -0.176. The molecule has 1 fully saturated rings. The molecule has 1 aliphatic rings. The molecular formula is C14H18F3NO3S. The van der Waals surface area contributed by atoms with Crippen LogP contribution in [0, 0.1) is 12.8 Å². The first-order valence-electron chi connectivity index (χ1n) is 6.94. The van der Waals surface area contributed by atoms with Gasteiger partial charge in [-0.3, -0.25) is 0 Å². The lowest BCUT2D eigenvalue weighted by Gasteiger charge is -2.15. The number of benzene rings is 1. The zero-order valence-electron chi connectivity index (χ0n) is 12.0. The Hall–Kier alpha value is -1.12. The average Bonchev–Trinajstić information content (AvgIpc) is 2.84. The second kappa shape index (κ2) is 6.17. The van der Waals surface area contributed by atoms with E-state index in [9.17, 15) is 21.6 Å². The number of hydrogen-bond acceptors (Lipinski definition) is 3. The van der Waals surface area contributed by atoms with Gasteiger partial charge in [-0.25, -0.2) is 13.1 Å². The molecule has 124 valence electrons. The highest BCUT2D eigenvalue weighted by Gasteiger charge is 2.33. The molecule has 1 saturated carbocycles. The third-order valence-electron chi connectivity index (χ3n) is 3.93. The Kier molecular flexibility index (Phi) is 4.84. The molecule has 8 heteroatoms. The topological polar surface area (TPSA) is 66.4 Å². The number of nitrogens with one attached hydrogen (secondary N) is 1. The second-order valence-corrected chi connectivity index (χ2v) is 7.37. The molecule has 0 saturated heterocycles. The van der Waals surface area contributed by atoms with Crippen molar-refractivity contribution in [3.05, 3.63) is 29.3 Å². The minimum Gasteiger partial charge on any atom is -0.396 e. The fourth-order valence-electron chi connectivity index (χ4n) is 2.76. The van der Waals surface area contributed by atoms with Crippen LogP contribution in [0.1, 0.15) is 30.4 Å². The zero-order valence-corrected chi connectivity index (χ0v) is 12.8. The quantitative estimate of drug-likeness (QED) is 0.887. The van der Waals surface area contributed by atoms with Gasteiger partial charge in [-0.1, -0.05) is 0 Å². The lowest BCUT2D eigenvalue weighted by Crippen LogP contribution is -2.33. The van der Waals surface area contributed by atoms with Crippen LogP contribution in [0.25, 0.3) is 0 Å². The van der Waals surface area contributed by atoms with Crippen LogP contribution in [0.15, 0.2) is 23.1 Å². The molecule has 1 aromatic rings. The normalized spacial score (nSPS) is 23.0. The van der Waals surface area contributed by atoms with Crippen molar-refractivity contribution in [1.82, 2.24) is 4.72 Å². The Morgan fingerprint density at radius 2 is 2.00 bits per heavy atom. The predicted molar refractivity (Wildman–Crippen MR) is 74.7 cm³/mol. The van der Waals surface area contributed by atoms with E-state index >= 15 is 0 Å². The number of aliphatic hydroxyl groups is 1. The lowest BCUT2D eigenvalue weighted by atomic mass is 10.1. The molecule has 2 N–H and O–H groups in total. The van der Waals surface area contributed by atoms with Crippen molar-refractivity contribution in [2.24, 2.45) is 5.92 Å². The van der Waals surface area contributed by atoms with Crippen LogP contribution < -0.4 is 4.72 Å². The van der Waals surface area contributed by atoms with Crippen molar-refractivity contribution in [2.45, 2.75) is 43.3 Å². The van der Waals surface area contributed by atoms with E-state index in [4.69, 9.17) is 5.11 Å². The highest BCUT2D eigenvalue weighted by atomic mass is 32.2. The predicted octanol–water partition coefficient (Wildman–Crippen LogP) is 2.45. The largest absolute Gasteiger partial charge is 0.416 e. The van der Waals surface area contributed by atoms with Gasteiger partial charge in [0.15, 0.2) is 0 Å². The molecular weight excluding hydrogens is 319 g/mol. The molecule has 1 aromatic carbocycles. The molecule has 1 aliphatic carbocycles. The molecule has 22 heavy (non-hydrogen) atoms. The second-order valence-electron chi connectivity index (χ2n) is 5.65. The maximum atomic E-state index is 12.7. The van der Waals surface area contributed by atoms with Crippen molar-refractivity contribution < 1.29 is 26.7 Å². The summed E-state index contributed by atoms with van der Waals surface area (Å²) in [5, 5.41) is 9.06. The van der Waals surface area contributed by atoms with E-state index in [1.807, 2.05) is 0 Å². The summed E-state index contributed by atoms with van der Waals surface area (Å²) < 4.78 is 65.1. The molecule has 0 unspecified atom stereocenters. The number of alkyl halides is 3. The number of sulfonamides is 1. The van der Waals surface area contributed by atoms with Crippen LogP contribution in [0.3, 0.4) is 0 Å². The molecule has 0 aromatic heterocycles. The SMILES string of the molecule is Cc1cc(S(=O)(=O)N[C@H]2CC[C@@H](CO)C2)ccc1C(F)(F)F. The van der Waals surface area contributed by atoms with Gasteiger partial charge in [0.1, 0.15) is 0 Å². The van der Waals surface area contributed by atoms with Gasteiger partial charge in [0.05, 0.1) is 10.5 Å². The zero-order chi connectivity index (χ0) is 16.5. The number of rotatable bonds is 4. The van der Waals surface area contributed by atoms with Crippen molar-refractivity contribution in [1.29, 1.82) is 0 Å². The van der Waals surface area contributed by atoms with Crippen LogP contribution in [0.4, 0.5) is 13.2 Å². The van der Waals surface area contributed by atoms with Gasteiger partial charge < -0.3 is 5.11 Å². The molecule has 0 heterocycles. The minimum atomic E-state index is -4.50. The monoisotopic (exact) mass is 337 g/mol. The minimum absolute atomic E-state index is 0.0115. The molecule has 0 aliphatic heterocycles. The highest BCUT2D eigenvalue weighted by Crippen LogP contribution is 2.33. The third kappa shape index (κ3) is 3.80. The summed E-state index contributed by atoms with van der Waals surface area (Å²) in [6.07, 6.45) is -2.62. The number of aliphatic hydroxyl groups excluding tert-OH is 1. The van der Waals surface area contributed by atoms with Crippen molar-refractivity contribution in [3.8, 4) is 0 Å². The van der Waals surface area contributed by atoms with Gasteiger partial charge in [0.25, 0.3) is 0 Å². The Bertz CT molecular complexity index is 643. The van der Waals surface area contributed by atoms with E-state index in [1.165, 1.54) is 6.92 Å². The summed E-state index contributed by atoms with van der Waals surface area (Å²) in [5.41, 5.74) is -0.970. The molecule has 0 amide bonds. The van der Waals surface area contributed by atoms with Crippen molar-refractivity contribution in [2.75, 3.05) is 6.61 Å².